The van der Waals surface area contributed by atoms with Crippen LogP contribution in [0.2, 0.25) is 0 Å². The maximum atomic E-state index is 5.84. The van der Waals surface area contributed by atoms with Crippen LogP contribution >= 0.6 is 0 Å². The lowest BCUT2D eigenvalue weighted by atomic mass is 9.97. The van der Waals surface area contributed by atoms with Gasteiger partial charge >= 0.3 is 0 Å². The number of likely N-dealkylation sites (N-methyl/N-ethyl adjacent to an activating group) is 1. The van der Waals surface area contributed by atoms with Crippen LogP contribution in [0.1, 0.15) is 32.3 Å². The van der Waals surface area contributed by atoms with Crippen molar-refractivity contribution < 1.29 is 4.74 Å². The predicted octanol–water partition coefficient (Wildman–Crippen LogP) is 1.93. The quantitative estimate of drug-likeness (QED) is 0.577. The van der Waals surface area contributed by atoms with Crippen LogP contribution in [-0.2, 0) is 11.3 Å². The van der Waals surface area contributed by atoms with E-state index in [9.17, 15) is 0 Å². The van der Waals surface area contributed by atoms with Gasteiger partial charge in [0, 0.05) is 44.8 Å². The van der Waals surface area contributed by atoms with Crippen LogP contribution in [0.5, 0.6) is 0 Å². The Morgan fingerprint density at radius 1 is 1.25 bits per heavy atom. The smallest absolute Gasteiger partial charge is 0.191 e. The Morgan fingerprint density at radius 3 is 2.79 bits per heavy atom. The molecular weight excluding hydrogens is 350 g/mol. The van der Waals surface area contributed by atoms with Crippen LogP contribution in [0.15, 0.2) is 35.3 Å². The van der Waals surface area contributed by atoms with Crippen molar-refractivity contribution in [3.63, 3.8) is 0 Å². The van der Waals surface area contributed by atoms with Gasteiger partial charge in [-0.2, -0.15) is 0 Å². The number of nitrogens with one attached hydrogen (secondary N) is 2. The van der Waals surface area contributed by atoms with Gasteiger partial charge in [0.05, 0.1) is 19.3 Å². The van der Waals surface area contributed by atoms with E-state index in [0.29, 0.717) is 18.6 Å². The van der Waals surface area contributed by atoms with Crippen LogP contribution in [0.3, 0.4) is 0 Å². The van der Waals surface area contributed by atoms with E-state index in [0.717, 1.165) is 58.1 Å². The molecule has 2 heterocycles. The highest BCUT2D eigenvalue weighted by atomic mass is 16.5. The van der Waals surface area contributed by atoms with Gasteiger partial charge in [0.2, 0.25) is 0 Å². The molecule has 0 saturated carbocycles. The van der Waals surface area contributed by atoms with Crippen LogP contribution < -0.4 is 10.6 Å². The van der Waals surface area contributed by atoms with Crippen molar-refractivity contribution in [1.29, 1.82) is 0 Å². The van der Waals surface area contributed by atoms with Gasteiger partial charge in [-0.1, -0.05) is 30.3 Å². The van der Waals surface area contributed by atoms with Gasteiger partial charge in [-0.25, -0.2) is 0 Å². The molecule has 0 amide bonds. The molecule has 156 valence electrons. The third-order valence-electron chi connectivity index (χ3n) is 5.72. The van der Waals surface area contributed by atoms with Gasteiger partial charge in [-0.3, -0.25) is 9.89 Å². The zero-order chi connectivity index (χ0) is 19.8. The minimum Gasteiger partial charge on any atom is -0.374 e. The molecule has 3 unspecified atom stereocenters. The maximum Gasteiger partial charge on any atom is 0.191 e. The molecule has 1 aromatic carbocycles. The molecule has 0 aliphatic carbocycles. The van der Waals surface area contributed by atoms with E-state index in [2.05, 4.69) is 71.7 Å². The molecule has 28 heavy (non-hydrogen) atoms. The summed E-state index contributed by atoms with van der Waals surface area (Å²) in [4.78, 5) is 9.71. The van der Waals surface area contributed by atoms with Crippen LogP contribution in [0, 0.1) is 0 Å². The molecule has 2 aliphatic rings. The molecule has 2 fully saturated rings. The third-order valence-corrected chi connectivity index (χ3v) is 5.72. The lowest BCUT2D eigenvalue weighted by Gasteiger charge is -2.38. The molecule has 3 rings (SSSR count). The Hall–Kier alpha value is -1.63. The molecule has 0 radical (unpaired) electrons. The lowest BCUT2D eigenvalue weighted by Crippen LogP contribution is -2.51. The number of morpholine rings is 1. The summed E-state index contributed by atoms with van der Waals surface area (Å²) in [6, 6.07) is 11.8. The predicted molar refractivity (Wildman–Crippen MR) is 116 cm³/mol. The number of hydrogen-bond donors (Lipinski definition) is 2. The molecule has 6 heteroatoms. The summed E-state index contributed by atoms with van der Waals surface area (Å²) in [5, 5.41) is 7.07. The highest BCUT2D eigenvalue weighted by Gasteiger charge is 2.26. The van der Waals surface area contributed by atoms with E-state index in [-0.39, 0.29) is 6.10 Å². The number of ether oxygens (including phenoxy) is 1. The summed E-state index contributed by atoms with van der Waals surface area (Å²) >= 11 is 0. The average Bonchev–Trinajstić information content (AvgIpc) is 2.69. The third kappa shape index (κ3) is 6.47. The number of rotatable bonds is 6. The zero-order valence-electron chi connectivity index (χ0n) is 17.7. The van der Waals surface area contributed by atoms with Crippen molar-refractivity contribution in [2.24, 2.45) is 4.99 Å². The van der Waals surface area contributed by atoms with E-state index >= 15 is 0 Å². The van der Waals surface area contributed by atoms with Gasteiger partial charge in [0.1, 0.15) is 0 Å². The standard InChI is InChI=1S/C22H37N5O/c1-4-23-22(24-15-21-17-26(3)12-13-28-21)25-20-10-11-27(18(2)14-20)16-19-8-6-5-7-9-19/h5-9,18,20-21H,4,10-17H2,1-3H3,(H2,23,24,25). The summed E-state index contributed by atoms with van der Waals surface area (Å²) in [5.74, 6) is 0.924. The minimum absolute atomic E-state index is 0.195. The van der Waals surface area contributed by atoms with Crippen molar-refractivity contribution in [3.8, 4) is 0 Å². The van der Waals surface area contributed by atoms with Gasteiger partial charge in [-0.15, -0.1) is 0 Å². The van der Waals surface area contributed by atoms with Crippen LogP contribution in [-0.4, -0.2) is 80.3 Å². The average molecular weight is 388 g/mol. The summed E-state index contributed by atoms with van der Waals surface area (Å²) in [6.45, 7) is 11.0. The van der Waals surface area contributed by atoms with Gasteiger partial charge in [0.15, 0.2) is 5.96 Å². The first kappa shape index (κ1) is 21.1. The molecule has 3 atom stereocenters. The van der Waals surface area contributed by atoms with E-state index in [1.54, 1.807) is 0 Å². The fourth-order valence-corrected chi connectivity index (χ4v) is 4.09. The van der Waals surface area contributed by atoms with Crippen molar-refractivity contribution in [2.45, 2.75) is 51.4 Å². The number of guanidine groups is 1. The van der Waals surface area contributed by atoms with E-state index in [1.165, 1.54) is 5.56 Å². The molecule has 0 bridgehead atoms. The fourth-order valence-electron chi connectivity index (χ4n) is 4.09. The number of likely N-dealkylation sites (tertiary alicyclic amines) is 1. The molecule has 2 aliphatic heterocycles. The maximum absolute atomic E-state index is 5.84. The highest BCUT2D eigenvalue weighted by Crippen LogP contribution is 2.20. The zero-order valence-corrected chi connectivity index (χ0v) is 17.7. The number of hydrogen-bond acceptors (Lipinski definition) is 4. The van der Waals surface area contributed by atoms with Gasteiger partial charge < -0.3 is 20.3 Å². The second-order valence-corrected chi connectivity index (χ2v) is 8.15. The SMILES string of the molecule is CCNC(=NCC1CN(C)CCO1)NC1CCN(Cc2ccccc2)C(C)C1. The van der Waals surface area contributed by atoms with E-state index in [4.69, 9.17) is 9.73 Å². The molecule has 6 nitrogen and oxygen atoms in total. The first-order chi connectivity index (χ1) is 13.6. The largest absolute Gasteiger partial charge is 0.374 e. The molecule has 0 spiro atoms. The lowest BCUT2D eigenvalue weighted by molar-refractivity contribution is -0.0136. The minimum atomic E-state index is 0.195. The van der Waals surface area contributed by atoms with Gasteiger partial charge in [-0.05, 0) is 39.3 Å². The van der Waals surface area contributed by atoms with E-state index in [1.807, 2.05) is 0 Å². The molecule has 0 aromatic heterocycles. The number of benzene rings is 1. The normalized spacial score (nSPS) is 27.5. The Balaban J connectivity index is 1.49. The Bertz CT molecular complexity index is 608. The molecule has 1 aromatic rings. The number of piperidine rings is 1. The summed E-state index contributed by atoms with van der Waals surface area (Å²) in [6.07, 6.45) is 2.48. The summed E-state index contributed by atoms with van der Waals surface area (Å²) in [5.41, 5.74) is 1.40. The van der Waals surface area contributed by atoms with Gasteiger partial charge in [0.25, 0.3) is 0 Å². The Morgan fingerprint density at radius 2 is 2.07 bits per heavy atom. The molecule has 2 N–H and O–H groups in total. The first-order valence-corrected chi connectivity index (χ1v) is 10.8. The monoisotopic (exact) mass is 387 g/mol. The topological polar surface area (TPSA) is 52.1 Å². The van der Waals surface area contributed by atoms with Crippen molar-refractivity contribution in [1.82, 2.24) is 20.4 Å². The van der Waals surface area contributed by atoms with Crippen LogP contribution in [0.25, 0.3) is 0 Å². The fraction of sp³-hybridized carbons (Fsp3) is 0.682. The van der Waals surface area contributed by atoms with Crippen molar-refractivity contribution in [2.75, 3.05) is 46.4 Å². The molecular formula is C22H37N5O. The Labute approximate surface area is 170 Å². The summed E-state index contributed by atoms with van der Waals surface area (Å²) < 4.78 is 5.84. The molecule has 2 saturated heterocycles. The van der Waals surface area contributed by atoms with Crippen molar-refractivity contribution in [3.05, 3.63) is 35.9 Å². The number of nitrogens with zero attached hydrogens (tertiary/aromatic N) is 3. The van der Waals surface area contributed by atoms with E-state index < -0.39 is 0 Å². The van der Waals surface area contributed by atoms with Crippen LogP contribution in [0.4, 0.5) is 0 Å². The van der Waals surface area contributed by atoms with Crippen molar-refractivity contribution >= 4 is 5.96 Å². The Kier molecular flexibility index (Phi) is 8.13. The second-order valence-electron chi connectivity index (χ2n) is 8.15. The highest BCUT2D eigenvalue weighted by molar-refractivity contribution is 5.80. The summed E-state index contributed by atoms with van der Waals surface area (Å²) in [7, 11) is 2.15. The number of aliphatic imine (C=N–C) groups is 1. The first-order valence-electron chi connectivity index (χ1n) is 10.8. The second kappa shape index (κ2) is 10.8.